The van der Waals surface area contributed by atoms with Gasteiger partial charge in [-0.2, -0.15) is 0 Å². The molecule has 0 bridgehead atoms. The second kappa shape index (κ2) is 4.62. The van der Waals surface area contributed by atoms with Crippen LogP contribution >= 0.6 is 0 Å². The van der Waals surface area contributed by atoms with E-state index in [1.165, 1.54) is 17.0 Å². The summed E-state index contributed by atoms with van der Waals surface area (Å²) in [6.07, 6.45) is 0.520. The van der Waals surface area contributed by atoms with E-state index in [1.807, 2.05) is 0 Å². The summed E-state index contributed by atoms with van der Waals surface area (Å²) >= 11 is 0. The van der Waals surface area contributed by atoms with Gasteiger partial charge in [0, 0.05) is 30.8 Å². The molecular weight excluding hydrogens is 248 g/mol. The Morgan fingerprint density at radius 3 is 2.68 bits per heavy atom. The first-order valence-corrected chi connectivity index (χ1v) is 6.06. The van der Waals surface area contributed by atoms with Crippen LogP contribution in [0.25, 0.3) is 0 Å². The predicted molar refractivity (Wildman–Crippen MR) is 69.0 cm³/mol. The van der Waals surface area contributed by atoms with Gasteiger partial charge in [0.15, 0.2) is 0 Å². The van der Waals surface area contributed by atoms with Gasteiger partial charge < -0.3 is 10.0 Å². The van der Waals surface area contributed by atoms with Crippen LogP contribution in [0.2, 0.25) is 0 Å². The topological polar surface area (TPSA) is 83.7 Å². The average molecular weight is 264 g/mol. The summed E-state index contributed by atoms with van der Waals surface area (Å²) in [5.74, 6) is -0.274. The highest BCUT2D eigenvalue weighted by Crippen LogP contribution is 2.24. The summed E-state index contributed by atoms with van der Waals surface area (Å²) in [6, 6.07) is 4.33. The molecule has 1 atom stereocenters. The second-order valence-electron chi connectivity index (χ2n) is 5.29. The zero-order valence-corrected chi connectivity index (χ0v) is 10.9. The fourth-order valence-corrected chi connectivity index (χ4v) is 2.29. The molecule has 1 aliphatic rings. The Balaban J connectivity index is 2.27. The quantitative estimate of drug-likeness (QED) is 0.648. The molecule has 1 fully saturated rings. The van der Waals surface area contributed by atoms with E-state index in [0.29, 0.717) is 24.1 Å². The number of nitro groups is 1. The predicted octanol–water partition coefficient (Wildman–Crippen LogP) is 1.50. The number of β-amino-alcohol motifs (C(OH)–C–C–N with tert-alkyl or cyclic N) is 1. The van der Waals surface area contributed by atoms with Gasteiger partial charge >= 0.3 is 0 Å². The van der Waals surface area contributed by atoms with Gasteiger partial charge in [0.05, 0.1) is 10.5 Å². The van der Waals surface area contributed by atoms with Crippen LogP contribution in [-0.2, 0) is 0 Å². The lowest BCUT2D eigenvalue weighted by Crippen LogP contribution is -2.33. The molecule has 1 aromatic carbocycles. The zero-order valence-electron chi connectivity index (χ0n) is 10.9. The molecule has 19 heavy (non-hydrogen) atoms. The minimum absolute atomic E-state index is 0.0886. The van der Waals surface area contributed by atoms with E-state index in [-0.39, 0.29) is 18.1 Å². The Bertz CT molecular complexity index is 539. The first-order chi connectivity index (χ1) is 8.78. The maximum absolute atomic E-state index is 12.3. The number of amides is 1. The van der Waals surface area contributed by atoms with Crippen molar-refractivity contribution >= 4 is 11.6 Å². The number of likely N-dealkylation sites (tertiary alicyclic amines) is 1. The van der Waals surface area contributed by atoms with Crippen LogP contribution in [0.1, 0.15) is 29.3 Å². The van der Waals surface area contributed by atoms with Crippen LogP contribution in [-0.4, -0.2) is 39.5 Å². The number of nitro benzene ring substituents is 1. The number of nitrogens with zero attached hydrogens (tertiary/aromatic N) is 2. The molecule has 0 radical (unpaired) electrons. The smallest absolute Gasteiger partial charge is 0.270 e. The first-order valence-electron chi connectivity index (χ1n) is 6.06. The molecule has 1 amide bonds. The maximum atomic E-state index is 12.3. The summed E-state index contributed by atoms with van der Waals surface area (Å²) in [4.78, 5) is 24.1. The van der Waals surface area contributed by atoms with Crippen molar-refractivity contribution in [1.82, 2.24) is 4.90 Å². The van der Waals surface area contributed by atoms with Crippen molar-refractivity contribution in [1.29, 1.82) is 0 Å². The lowest BCUT2D eigenvalue weighted by molar-refractivity contribution is -0.384. The van der Waals surface area contributed by atoms with E-state index >= 15 is 0 Å². The summed E-state index contributed by atoms with van der Waals surface area (Å²) in [5, 5.41) is 20.6. The van der Waals surface area contributed by atoms with Crippen molar-refractivity contribution in [2.75, 3.05) is 13.1 Å². The minimum Gasteiger partial charge on any atom is -0.388 e. The van der Waals surface area contributed by atoms with E-state index in [9.17, 15) is 20.0 Å². The van der Waals surface area contributed by atoms with E-state index in [1.54, 1.807) is 19.9 Å². The lowest BCUT2D eigenvalue weighted by Gasteiger charge is -2.19. The highest BCUT2D eigenvalue weighted by atomic mass is 16.6. The Morgan fingerprint density at radius 2 is 2.16 bits per heavy atom. The minimum atomic E-state index is -0.870. The molecule has 2 rings (SSSR count). The molecule has 1 heterocycles. The Morgan fingerprint density at radius 1 is 1.47 bits per heavy atom. The number of non-ortho nitro benzene ring substituents is 1. The molecule has 1 N–H and O–H groups in total. The highest BCUT2D eigenvalue weighted by Gasteiger charge is 2.34. The summed E-state index contributed by atoms with van der Waals surface area (Å²) < 4.78 is 0. The molecule has 0 aliphatic carbocycles. The summed E-state index contributed by atoms with van der Waals surface area (Å²) in [6.45, 7) is 4.12. The molecule has 1 aliphatic heterocycles. The normalized spacial score (nSPS) is 22.6. The number of hydrogen-bond acceptors (Lipinski definition) is 4. The highest BCUT2D eigenvalue weighted by molar-refractivity contribution is 5.95. The number of benzene rings is 1. The molecule has 102 valence electrons. The van der Waals surface area contributed by atoms with Gasteiger partial charge in [-0.15, -0.1) is 0 Å². The average Bonchev–Trinajstić information content (AvgIpc) is 2.68. The van der Waals surface area contributed by atoms with Gasteiger partial charge in [-0.05, 0) is 31.9 Å². The SMILES string of the molecule is Cc1cc(C(=O)N2CCC(C)(O)C2)cc([N+](=O)[O-])c1. The maximum Gasteiger partial charge on any atom is 0.270 e. The third-order valence-corrected chi connectivity index (χ3v) is 3.26. The van der Waals surface area contributed by atoms with Crippen molar-refractivity contribution in [2.45, 2.75) is 25.9 Å². The number of aryl methyl sites for hydroxylation is 1. The monoisotopic (exact) mass is 264 g/mol. The lowest BCUT2D eigenvalue weighted by atomic mass is 10.1. The fraction of sp³-hybridized carbons (Fsp3) is 0.462. The van der Waals surface area contributed by atoms with Crippen molar-refractivity contribution in [3.8, 4) is 0 Å². The van der Waals surface area contributed by atoms with Gasteiger partial charge in [0.2, 0.25) is 0 Å². The molecule has 1 saturated heterocycles. The number of hydrogen-bond donors (Lipinski definition) is 1. The van der Waals surface area contributed by atoms with Crippen molar-refractivity contribution in [3.05, 3.63) is 39.4 Å². The van der Waals surface area contributed by atoms with E-state index in [2.05, 4.69) is 0 Å². The molecule has 6 nitrogen and oxygen atoms in total. The number of rotatable bonds is 2. The molecule has 1 aromatic rings. The summed E-state index contributed by atoms with van der Waals surface area (Å²) in [5.41, 5.74) is 0.00743. The Kier molecular flexibility index (Phi) is 3.28. The summed E-state index contributed by atoms with van der Waals surface area (Å²) in [7, 11) is 0. The second-order valence-corrected chi connectivity index (χ2v) is 5.29. The molecule has 0 spiro atoms. The first kappa shape index (κ1) is 13.5. The van der Waals surface area contributed by atoms with Crippen LogP contribution in [0, 0.1) is 17.0 Å². The van der Waals surface area contributed by atoms with Crippen molar-refractivity contribution in [2.24, 2.45) is 0 Å². The van der Waals surface area contributed by atoms with Gasteiger partial charge in [-0.1, -0.05) is 0 Å². The number of carbonyl (C=O) groups excluding carboxylic acids is 1. The fourth-order valence-electron chi connectivity index (χ4n) is 2.29. The van der Waals surface area contributed by atoms with Crippen LogP contribution in [0.15, 0.2) is 18.2 Å². The van der Waals surface area contributed by atoms with Crippen LogP contribution in [0.3, 0.4) is 0 Å². The molecular formula is C13H16N2O4. The van der Waals surface area contributed by atoms with Crippen LogP contribution < -0.4 is 0 Å². The number of carbonyl (C=O) groups is 1. The standard InChI is InChI=1S/C13H16N2O4/c1-9-5-10(7-11(6-9)15(18)19)12(16)14-4-3-13(2,17)8-14/h5-7,17H,3-4,8H2,1-2H3. The van der Waals surface area contributed by atoms with E-state index < -0.39 is 10.5 Å². The van der Waals surface area contributed by atoms with Gasteiger partial charge in [0.1, 0.15) is 0 Å². The van der Waals surface area contributed by atoms with Crippen molar-refractivity contribution < 1.29 is 14.8 Å². The molecule has 6 heteroatoms. The molecule has 0 aromatic heterocycles. The van der Waals surface area contributed by atoms with Gasteiger partial charge in [-0.3, -0.25) is 14.9 Å². The van der Waals surface area contributed by atoms with Gasteiger partial charge in [0.25, 0.3) is 11.6 Å². The van der Waals surface area contributed by atoms with E-state index in [0.717, 1.165) is 0 Å². The van der Waals surface area contributed by atoms with Crippen molar-refractivity contribution in [3.63, 3.8) is 0 Å². The third-order valence-electron chi connectivity index (χ3n) is 3.26. The zero-order chi connectivity index (χ0) is 14.2. The Labute approximate surface area is 110 Å². The largest absolute Gasteiger partial charge is 0.388 e. The Hall–Kier alpha value is -1.95. The van der Waals surface area contributed by atoms with Crippen LogP contribution in [0.5, 0.6) is 0 Å². The number of aliphatic hydroxyl groups is 1. The molecule has 1 unspecified atom stereocenters. The molecule has 0 saturated carbocycles. The van der Waals surface area contributed by atoms with Crippen LogP contribution in [0.4, 0.5) is 5.69 Å². The van der Waals surface area contributed by atoms with E-state index in [4.69, 9.17) is 0 Å². The third kappa shape index (κ3) is 2.90. The van der Waals surface area contributed by atoms with Gasteiger partial charge in [-0.25, -0.2) is 0 Å².